The maximum atomic E-state index is 12.8. The van der Waals surface area contributed by atoms with Crippen LogP contribution in [0.4, 0.5) is 5.82 Å². The molecular weight excluding hydrogens is 361 g/mol. The third-order valence-corrected chi connectivity index (χ3v) is 4.31. The average molecular weight is 378 g/mol. The molecule has 8 heteroatoms. The minimum atomic E-state index is -0.130. The van der Waals surface area contributed by atoms with Gasteiger partial charge in [-0.25, -0.2) is 0 Å². The largest absolute Gasteiger partial charge is 0.334 e. The highest BCUT2D eigenvalue weighted by Crippen LogP contribution is 2.26. The van der Waals surface area contributed by atoms with Crippen LogP contribution in [0.2, 0.25) is 10.0 Å². The lowest BCUT2D eigenvalue weighted by Gasteiger charge is -2.28. The maximum Gasteiger partial charge on any atom is 0.255 e. The Morgan fingerprint density at radius 1 is 1.24 bits per heavy atom. The first-order chi connectivity index (χ1) is 11.9. The number of fused-ring (bicyclic) bond motifs is 1. The van der Waals surface area contributed by atoms with Crippen molar-refractivity contribution in [2.75, 3.05) is 6.54 Å². The van der Waals surface area contributed by atoms with Gasteiger partial charge in [-0.2, -0.15) is 10.2 Å². The number of amides is 1. The number of azo groups is 1. The van der Waals surface area contributed by atoms with Crippen molar-refractivity contribution in [1.82, 2.24) is 15.1 Å². The lowest BCUT2D eigenvalue weighted by molar-refractivity contribution is 0.0733. The van der Waals surface area contributed by atoms with Gasteiger partial charge in [0.15, 0.2) is 5.82 Å². The van der Waals surface area contributed by atoms with Crippen molar-refractivity contribution in [3.63, 3.8) is 0 Å². The Bertz CT molecular complexity index is 838. The number of hydrogen-bond acceptors (Lipinski definition) is 5. The van der Waals surface area contributed by atoms with Gasteiger partial charge in [-0.15, -0.1) is 10.2 Å². The number of aromatic nitrogens is 2. The first-order valence-corrected chi connectivity index (χ1v) is 8.70. The Kier molecular flexibility index (Phi) is 5.30. The summed E-state index contributed by atoms with van der Waals surface area (Å²) in [6.07, 6.45) is 0.640. The Balaban J connectivity index is 1.82. The van der Waals surface area contributed by atoms with Crippen LogP contribution in [0.15, 0.2) is 34.5 Å². The highest BCUT2D eigenvalue weighted by molar-refractivity contribution is 6.36. The Hall–Kier alpha value is -2.05. The van der Waals surface area contributed by atoms with E-state index in [1.807, 2.05) is 19.9 Å². The number of carbonyl (C=O) groups is 1. The second-order valence-electron chi connectivity index (χ2n) is 6.08. The molecule has 130 valence electrons. The van der Waals surface area contributed by atoms with E-state index < -0.39 is 0 Å². The standard InChI is InChI=1S/C17H17Cl2N5O/c1-10(2)20-22-16-7-11-9-24(6-5-15(11)21-23-16)17(25)13-4-3-12(18)8-14(13)19/h3-4,7-8,10H,5-6,9H2,1-2H3. The molecule has 0 N–H and O–H groups in total. The smallest absolute Gasteiger partial charge is 0.255 e. The summed E-state index contributed by atoms with van der Waals surface area (Å²) >= 11 is 12.1. The van der Waals surface area contributed by atoms with Gasteiger partial charge >= 0.3 is 0 Å². The molecule has 1 aliphatic heterocycles. The summed E-state index contributed by atoms with van der Waals surface area (Å²) in [5, 5.41) is 17.3. The van der Waals surface area contributed by atoms with Crippen LogP contribution in [0.5, 0.6) is 0 Å². The zero-order valence-corrected chi connectivity index (χ0v) is 15.4. The Labute approximate surface area is 155 Å². The number of rotatable bonds is 3. The van der Waals surface area contributed by atoms with Crippen molar-refractivity contribution >= 4 is 34.9 Å². The molecule has 0 saturated carbocycles. The predicted molar refractivity (Wildman–Crippen MR) is 96.6 cm³/mol. The zero-order valence-electron chi connectivity index (χ0n) is 13.9. The Morgan fingerprint density at radius 2 is 2.04 bits per heavy atom. The van der Waals surface area contributed by atoms with Crippen molar-refractivity contribution in [1.29, 1.82) is 0 Å². The molecule has 1 aromatic carbocycles. The number of benzene rings is 1. The van der Waals surface area contributed by atoms with Crippen LogP contribution >= 0.6 is 23.2 Å². The first kappa shape index (κ1) is 17.8. The second kappa shape index (κ2) is 7.45. The second-order valence-corrected chi connectivity index (χ2v) is 6.93. The van der Waals surface area contributed by atoms with E-state index in [9.17, 15) is 4.79 Å². The summed E-state index contributed by atoms with van der Waals surface area (Å²) in [6, 6.07) is 6.80. The summed E-state index contributed by atoms with van der Waals surface area (Å²) in [5.74, 6) is 0.320. The van der Waals surface area contributed by atoms with E-state index in [1.165, 1.54) is 0 Å². The molecule has 0 saturated heterocycles. The van der Waals surface area contributed by atoms with Crippen LogP contribution in [0.3, 0.4) is 0 Å². The summed E-state index contributed by atoms with van der Waals surface area (Å²) in [6.45, 7) is 4.87. The van der Waals surface area contributed by atoms with Gasteiger partial charge < -0.3 is 4.90 Å². The SMILES string of the molecule is CC(C)N=Nc1cc2c(nn1)CCN(C(=O)c1ccc(Cl)cc1Cl)C2. The van der Waals surface area contributed by atoms with E-state index in [0.717, 1.165) is 11.3 Å². The van der Waals surface area contributed by atoms with Gasteiger partial charge in [0, 0.05) is 24.5 Å². The third-order valence-electron chi connectivity index (χ3n) is 3.77. The van der Waals surface area contributed by atoms with Crippen molar-refractivity contribution in [3.8, 4) is 0 Å². The predicted octanol–water partition coefficient (Wildman–Crippen LogP) is 4.47. The van der Waals surface area contributed by atoms with E-state index in [0.29, 0.717) is 40.9 Å². The van der Waals surface area contributed by atoms with Gasteiger partial charge in [-0.05, 0) is 43.7 Å². The van der Waals surface area contributed by atoms with Gasteiger partial charge in [-0.3, -0.25) is 4.79 Å². The molecule has 1 amide bonds. The van der Waals surface area contributed by atoms with Crippen molar-refractivity contribution < 1.29 is 4.79 Å². The fourth-order valence-corrected chi connectivity index (χ4v) is 3.04. The van der Waals surface area contributed by atoms with Crippen molar-refractivity contribution in [2.24, 2.45) is 10.2 Å². The molecular formula is C17H17Cl2N5O. The highest BCUT2D eigenvalue weighted by atomic mass is 35.5. The highest BCUT2D eigenvalue weighted by Gasteiger charge is 2.24. The molecule has 2 aromatic rings. The first-order valence-electron chi connectivity index (χ1n) is 7.94. The topological polar surface area (TPSA) is 70.8 Å². The number of nitrogens with zero attached hydrogens (tertiary/aromatic N) is 5. The van der Waals surface area contributed by atoms with E-state index in [-0.39, 0.29) is 11.9 Å². The van der Waals surface area contributed by atoms with Gasteiger partial charge in [0.1, 0.15) is 0 Å². The minimum absolute atomic E-state index is 0.0861. The average Bonchev–Trinajstić information content (AvgIpc) is 2.58. The zero-order chi connectivity index (χ0) is 18.0. The summed E-state index contributed by atoms with van der Waals surface area (Å²) in [7, 11) is 0. The van der Waals surface area contributed by atoms with Gasteiger partial charge in [0.2, 0.25) is 0 Å². The number of hydrogen-bond donors (Lipinski definition) is 0. The van der Waals surface area contributed by atoms with Crippen LogP contribution in [0.1, 0.15) is 35.5 Å². The van der Waals surface area contributed by atoms with E-state index in [1.54, 1.807) is 23.1 Å². The van der Waals surface area contributed by atoms with Crippen molar-refractivity contribution in [2.45, 2.75) is 32.9 Å². The summed E-state index contributed by atoms with van der Waals surface area (Å²) in [5.41, 5.74) is 2.25. The van der Waals surface area contributed by atoms with Gasteiger partial charge in [-0.1, -0.05) is 23.2 Å². The molecule has 0 unspecified atom stereocenters. The molecule has 0 bridgehead atoms. The summed E-state index contributed by atoms with van der Waals surface area (Å²) in [4.78, 5) is 14.5. The van der Waals surface area contributed by atoms with E-state index >= 15 is 0 Å². The fourth-order valence-electron chi connectivity index (χ4n) is 2.55. The van der Waals surface area contributed by atoms with E-state index in [4.69, 9.17) is 23.2 Å². The Morgan fingerprint density at radius 3 is 2.76 bits per heavy atom. The molecule has 1 aromatic heterocycles. The molecule has 0 spiro atoms. The minimum Gasteiger partial charge on any atom is -0.334 e. The molecule has 1 aliphatic rings. The normalized spacial score (nSPS) is 14.2. The molecule has 0 atom stereocenters. The molecule has 2 heterocycles. The molecule has 0 radical (unpaired) electrons. The quantitative estimate of drug-likeness (QED) is 0.740. The fraction of sp³-hybridized carbons (Fsp3) is 0.353. The lowest BCUT2D eigenvalue weighted by Crippen LogP contribution is -2.36. The monoisotopic (exact) mass is 377 g/mol. The molecule has 0 aliphatic carbocycles. The summed E-state index contributed by atoms with van der Waals surface area (Å²) < 4.78 is 0. The van der Waals surface area contributed by atoms with Crippen LogP contribution in [-0.2, 0) is 13.0 Å². The van der Waals surface area contributed by atoms with E-state index in [2.05, 4.69) is 20.4 Å². The molecule has 0 fully saturated rings. The molecule has 6 nitrogen and oxygen atoms in total. The van der Waals surface area contributed by atoms with Crippen LogP contribution in [0, 0.1) is 0 Å². The third kappa shape index (κ3) is 4.14. The molecule has 25 heavy (non-hydrogen) atoms. The van der Waals surface area contributed by atoms with Gasteiger partial charge in [0.25, 0.3) is 5.91 Å². The number of halogens is 2. The van der Waals surface area contributed by atoms with Crippen LogP contribution < -0.4 is 0 Å². The van der Waals surface area contributed by atoms with Crippen molar-refractivity contribution in [3.05, 3.63) is 51.1 Å². The number of carbonyl (C=O) groups excluding carboxylic acids is 1. The van der Waals surface area contributed by atoms with Crippen LogP contribution in [-0.4, -0.2) is 33.6 Å². The van der Waals surface area contributed by atoms with Crippen LogP contribution in [0.25, 0.3) is 0 Å². The van der Waals surface area contributed by atoms with Gasteiger partial charge in [0.05, 0.1) is 22.3 Å². The maximum absolute atomic E-state index is 12.8. The molecule has 3 rings (SSSR count). The lowest BCUT2D eigenvalue weighted by atomic mass is 10.1.